The van der Waals surface area contributed by atoms with E-state index < -0.39 is 46.8 Å². The molecule has 2 aromatic heterocycles. The number of aliphatic hydroxyl groups excluding tert-OH is 2. The SMILES string of the molecule is N[13c]1n[13cH]n[13c]2[13c]1n[13cH]n2[13C@@H]1O[13C@H]([13CH2]OP(=O)(O)OP(=O)([O-])[O-])[13C@H](O)[13CH]1O.[Li+].[Li+]. The van der Waals surface area contributed by atoms with E-state index >= 15 is 0 Å². The molecule has 1 fully saturated rings. The molecule has 3 rings (SSSR count). The van der Waals surface area contributed by atoms with Crippen molar-refractivity contribution in [1.82, 2.24) is 19.5 Å². The summed E-state index contributed by atoms with van der Waals surface area (Å²) in [4.78, 5) is 41.7. The number of phosphoric ester groups is 1. The topological polar surface area (TPSA) is 238 Å². The van der Waals surface area contributed by atoms with Crippen molar-refractivity contribution in [2.75, 3.05) is 12.3 Å². The molecule has 1 saturated heterocycles. The van der Waals surface area contributed by atoms with Gasteiger partial charge < -0.3 is 39.9 Å². The van der Waals surface area contributed by atoms with Crippen LogP contribution in [0.4, 0.5) is 5.82 Å². The van der Waals surface area contributed by atoms with Crippen molar-refractivity contribution < 1.29 is 85.3 Å². The molecule has 19 heteroatoms. The van der Waals surface area contributed by atoms with Gasteiger partial charge in [-0.15, -0.1) is 0 Å². The minimum absolute atomic E-state index is 0. The molecule has 1 aliphatic heterocycles. The van der Waals surface area contributed by atoms with Crippen molar-refractivity contribution in [3.8, 4) is 0 Å². The number of rotatable bonds is 6. The van der Waals surface area contributed by atoms with Crippen LogP contribution < -0.4 is 53.2 Å². The van der Waals surface area contributed by atoms with Gasteiger partial charge >= 0.3 is 45.5 Å². The maximum absolute atomic E-state index is 11.4. The number of ether oxygens (including phenoxy) is 1. The van der Waals surface area contributed by atoms with E-state index in [-0.39, 0.29) is 54.7 Å². The number of anilines is 1. The average Bonchev–Trinajstić information content (AvgIpc) is 3.07. The molecule has 0 radical (unpaired) electrons. The van der Waals surface area contributed by atoms with Crippen LogP contribution >= 0.6 is 15.6 Å². The van der Waals surface area contributed by atoms with Crippen LogP contribution in [-0.2, 0) is 22.7 Å². The first kappa shape index (κ1) is 26.7. The smallest absolute Gasteiger partial charge is 0.789 e. The summed E-state index contributed by atoms with van der Waals surface area (Å²) in [6.07, 6.45) is -3.35. The van der Waals surface area contributed by atoms with Crippen LogP contribution in [0.25, 0.3) is 11.2 Å². The van der Waals surface area contributed by atoms with Crippen molar-refractivity contribution in [1.29, 1.82) is 0 Å². The zero-order valence-electron chi connectivity index (χ0n) is 15.1. The first-order valence-corrected chi connectivity index (χ1v) is 10.1. The van der Waals surface area contributed by atoms with Crippen LogP contribution in [0.1, 0.15) is 6.23 Å². The molecule has 0 bridgehead atoms. The Kier molecular flexibility index (Phi) is 9.10. The third-order valence-corrected chi connectivity index (χ3v) is 5.70. The molecule has 0 aliphatic carbocycles. The second kappa shape index (κ2) is 9.87. The van der Waals surface area contributed by atoms with E-state index in [9.17, 15) is 34.0 Å². The van der Waals surface area contributed by atoms with Gasteiger partial charge in [-0.25, -0.2) is 19.5 Å². The van der Waals surface area contributed by atoms with Gasteiger partial charge in [-0.3, -0.25) is 13.4 Å². The Bertz CT molecular complexity index is 943. The maximum atomic E-state index is 11.4. The van der Waals surface area contributed by atoms with Gasteiger partial charge in [0.25, 0.3) is 0 Å². The Labute approximate surface area is 186 Å². The molecule has 3 heterocycles. The molecule has 15 nitrogen and oxygen atoms in total. The van der Waals surface area contributed by atoms with E-state index in [1.807, 2.05) is 0 Å². The molecule has 5 N–H and O–H groups in total. The van der Waals surface area contributed by atoms with Crippen LogP contribution in [0.2, 0.25) is 0 Å². The van der Waals surface area contributed by atoms with Gasteiger partial charge in [-0.05, 0) is 0 Å². The average molecular weight is 449 g/mol. The van der Waals surface area contributed by atoms with Crippen LogP contribution in [-0.4, -0.2) is 59.5 Å². The number of hydrogen-bond acceptors (Lipinski definition) is 13. The summed E-state index contributed by atoms with van der Waals surface area (Å²) in [5, 5.41) is 20.2. The molecule has 1 aliphatic rings. The number of nitrogens with zero attached hydrogens (tertiary/aromatic N) is 4. The summed E-state index contributed by atoms with van der Waals surface area (Å²) in [6, 6.07) is 0. The molecular weight excluding hydrogens is 436 g/mol. The van der Waals surface area contributed by atoms with Gasteiger partial charge in [0.05, 0.1) is 20.8 Å². The fourth-order valence-corrected chi connectivity index (χ4v) is 4.01. The Hall–Kier alpha value is -0.315. The molecule has 0 aromatic carbocycles. The first-order valence-electron chi connectivity index (χ1n) is 7.14. The van der Waals surface area contributed by atoms with E-state index in [1.54, 1.807) is 0 Å². The van der Waals surface area contributed by atoms with Crippen molar-refractivity contribution in [2.24, 2.45) is 0 Å². The van der Waals surface area contributed by atoms with Gasteiger partial charge in [0, 0.05) is 0 Å². The second-order valence-electron chi connectivity index (χ2n) is 5.42. The summed E-state index contributed by atoms with van der Waals surface area (Å²) >= 11 is 0. The molecule has 150 valence electrons. The Balaban J connectivity index is 0.00000210. The molecule has 29 heavy (non-hydrogen) atoms. The molecular formula is C10H13Li2N5O10P2. The van der Waals surface area contributed by atoms with Crippen LogP contribution in [0.3, 0.4) is 0 Å². The molecule has 0 spiro atoms. The number of nitrogen functional groups attached to an aromatic ring is 1. The number of phosphoric acid groups is 2. The van der Waals surface area contributed by atoms with E-state index in [4.69, 9.17) is 10.5 Å². The second-order valence-corrected chi connectivity index (χ2v) is 8.17. The normalized spacial score (nSPS) is 26.5. The van der Waals surface area contributed by atoms with E-state index in [0.29, 0.717) is 0 Å². The monoisotopic (exact) mass is 449 g/mol. The Morgan fingerprint density at radius 2 is 1.86 bits per heavy atom. The fraction of sp³-hybridized carbons (Fsp3) is 0.500. The predicted molar refractivity (Wildman–Crippen MR) is 80.1 cm³/mol. The summed E-state index contributed by atoms with van der Waals surface area (Å²) in [5.41, 5.74) is 6.07. The first-order chi connectivity index (χ1) is 12.5. The molecule has 2 aromatic rings. The van der Waals surface area contributed by atoms with Crippen molar-refractivity contribution in [3.05, 3.63) is 12.7 Å². The molecule has 5 atom stereocenters. The minimum atomic E-state index is -5.79. The number of nitrogens with two attached hydrogens (primary N) is 1. The van der Waals surface area contributed by atoms with Gasteiger partial charge in [-0.2, -0.15) is 0 Å². The molecule has 0 amide bonds. The number of fused-ring (bicyclic) bond motifs is 1. The van der Waals surface area contributed by atoms with Crippen LogP contribution in [0, 0.1) is 0 Å². The van der Waals surface area contributed by atoms with Crippen LogP contribution in [0.5, 0.6) is 0 Å². The number of aliphatic hydroxyl groups is 2. The zero-order chi connectivity index (χ0) is 20.0. The van der Waals surface area contributed by atoms with E-state index in [0.717, 1.165) is 6.33 Å². The van der Waals surface area contributed by atoms with E-state index in [2.05, 4.69) is 23.8 Å². The van der Waals surface area contributed by atoms with Gasteiger partial charge in [0.2, 0.25) is 0 Å². The number of imidazole rings is 1. The Morgan fingerprint density at radius 3 is 2.48 bits per heavy atom. The zero-order valence-corrected chi connectivity index (χ0v) is 16.9. The van der Waals surface area contributed by atoms with E-state index in [1.165, 1.54) is 10.9 Å². The van der Waals surface area contributed by atoms with Gasteiger partial charge in [-0.1, -0.05) is 0 Å². The molecule has 2 unspecified atom stereocenters. The summed E-state index contributed by atoms with van der Waals surface area (Å²) in [7, 11) is -11.0. The van der Waals surface area contributed by atoms with Crippen LogP contribution in [0.15, 0.2) is 12.7 Å². The Morgan fingerprint density at radius 1 is 1.21 bits per heavy atom. The minimum Gasteiger partial charge on any atom is -0.789 e. The fourth-order valence-electron chi connectivity index (χ4n) is 2.47. The molecule has 0 saturated carbocycles. The number of aromatic nitrogens is 4. The standard InChI is InChI=1S/C10H15N5O10P2.2Li/c11-8-5-9(13-2-12-8)15(3-14-5)10-7(17)6(16)4(24-10)1-23-27(21,22)25-26(18,19)20;;/h2-4,6-7,10,16-17H,1H2,(H,21,22)(H2,11,12,13)(H2,18,19,20);;/q;2*+1/p-2/t4-,6+,7?,10-;;/m1../s1/i1+1,2+1,3+1,4+1,5+1,6+1,7+1,8+1,9+1,10+1;;. The number of hydrogen-bond donors (Lipinski definition) is 4. The quantitative estimate of drug-likeness (QED) is 0.182. The van der Waals surface area contributed by atoms with Crippen molar-refractivity contribution in [3.63, 3.8) is 0 Å². The van der Waals surface area contributed by atoms with Crippen molar-refractivity contribution in [2.45, 2.75) is 24.5 Å². The van der Waals surface area contributed by atoms with Gasteiger partial charge in [0.1, 0.15) is 30.2 Å². The third kappa shape index (κ3) is 6.11. The summed E-state index contributed by atoms with van der Waals surface area (Å²) < 4.78 is 36.2. The van der Waals surface area contributed by atoms with Crippen molar-refractivity contribution >= 4 is 32.6 Å². The summed E-state index contributed by atoms with van der Waals surface area (Å²) in [6.45, 7) is -0.869. The maximum Gasteiger partial charge on any atom is 1.00 e. The predicted octanol–water partition coefficient (Wildman–Crippen LogP) is -9.00. The largest absolute Gasteiger partial charge is 1.00 e. The van der Waals surface area contributed by atoms with Gasteiger partial charge in [0.15, 0.2) is 17.7 Å². The third-order valence-electron chi connectivity index (χ3n) is 3.60. The summed E-state index contributed by atoms with van der Waals surface area (Å²) in [5.74, 6) is 0.0738.